The van der Waals surface area contributed by atoms with Crippen molar-refractivity contribution < 1.29 is 14.3 Å². The number of hydrogen-bond donors (Lipinski definition) is 0. The molecule has 1 unspecified atom stereocenters. The number of rotatable bonds is 1. The van der Waals surface area contributed by atoms with Gasteiger partial charge in [0.2, 0.25) is 0 Å². The van der Waals surface area contributed by atoms with E-state index in [4.69, 9.17) is 9.47 Å². The van der Waals surface area contributed by atoms with Crippen molar-refractivity contribution in [2.75, 3.05) is 27.3 Å². The van der Waals surface area contributed by atoms with E-state index in [2.05, 4.69) is 0 Å². The van der Waals surface area contributed by atoms with Gasteiger partial charge in [0.1, 0.15) is 6.61 Å². The molecule has 0 aromatic heterocycles. The van der Waals surface area contributed by atoms with Crippen LogP contribution in [0.4, 0.5) is 4.79 Å². The van der Waals surface area contributed by atoms with Crippen LogP contribution in [0.1, 0.15) is 6.42 Å². The van der Waals surface area contributed by atoms with Crippen LogP contribution in [0.2, 0.25) is 0 Å². The fraction of sp³-hybridized carbons (Fsp3) is 0.857. The number of methoxy groups -OCH3 is 1. The predicted octanol–water partition coefficient (Wildman–Crippen LogP) is 0.474. The summed E-state index contributed by atoms with van der Waals surface area (Å²) in [7, 11) is 3.35. The van der Waals surface area contributed by atoms with E-state index in [9.17, 15) is 4.79 Å². The molecule has 1 aliphatic heterocycles. The Morgan fingerprint density at radius 2 is 2.45 bits per heavy atom. The smallest absolute Gasteiger partial charge is 0.409 e. The van der Waals surface area contributed by atoms with Crippen molar-refractivity contribution >= 4 is 6.09 Å². The highest BCUT2D eigenvalue weighted by atomic mass is 16.6. The van der Waals surface area contributed by atoms with Gasteiger partial charge in [0.25, 0.3) is 0 Å². The fourth-order valence-corrected chi connectivity index (χ4v) is 0.973. The maximum atomic E-state index is 10.9. The lowest BCUT2D eigenvalue weighted by Gasteiger charge is -2.10. The molecule has 1 fully saturated rings. The van der Waals surface area contributed by atoms with Gasteiger partial charge in [-0.05, 0) is 6.42 Å². The zero-order valence-corrected chi connectivity index (χ0v) is 6.87. The Labute approximate surface area is 66.1 Å². The Bertz CT molecular complexity index is 149. The summed E-state index contributed by atoms with van der Waals surface area (Å²) in [5.74, 6) is 0. The topological polar surface area (TPSA) is 38.8 Å². The van der Waals surface area contributed by atoms with E-state index in [0.29, 0.717) is 13.2 Å². The summed E-state index contributed by atoms with van der Waals surface area (Å²) in [5, 5.41) is 0. The highest BCUT2D eigenvalue weighted by Gasteiger charge is 2.19. The van der Waals surface area contributed by atoms with Crippen LogP contribution in [0.3, 0.4) is 0 Å². The molecule has 1 rings (SSSR count). The minimum atomic E-state index is -0.260. The van der Waals surface area contributed by atoms with Gasteiger partial charge in [0, 0.05) is 20.7 Å². The molecule has 11 heavy (non-hydrogen) atoms. The molecule has 1 atom stereocenters. The summed E-state index contributed by atoms with van der Waals surface area (Å²) in [4.78, 5) is 12.5. The molecule has 0 radical (unpaired) electrons. The average Bonchev–Trinajstić information content (AvgIpc) is 2.16. The summed E-state index contributed by atoms with van der Waals surface area (Å²) in [6.07, 6.45) is 0.645. The standard InChI is InChI=1S/C7H13NO3/c1-8-4-3-6(10-2)5-11-7(8)9/h6H,3-5H2,1-2H3. The molecular weight excluding hydrogens is 146 g/mol. The van der Waals surface area contributed by atoms with Crippen molar-refractivity contribution in [1.82, 2.24) is 4.90 Å². The van der Waals surface area contributed by atoms with Gasteiger partial charge >= 0.3 is 6.09 Å². The molecule has 64 valence electrons. The van der Waals surface area contributed by atoms with Crippen molar-refractivity contribution in [2.45, 2.75) is 12.5 Å². The molecular formula is C7H13NO3. The number of amides is 1. The molecule has 1 aliphatic rings. The lowest BCUT2D eigenvalue weighted by molar-refractivity contribution is 0.0416. The van der Waals surface area contributed by atoms with Crippen LogP contribution in [0.25, 0.3) is 0 Å². The third-order valence-corrected chi connectivity index (χ3v) is 1.82. The van der Waals surface area contributed by atoms with E-state index in [1.165, 1.54) is 0 Å². The minimum Gasteiger partial charge on any atom is -0.447 e. The van der Waals surface area contributed by atoms with E-state index in [1.54, 1.807) is 19.1 Å². The second-order valence-electron chi connectivity index (χ2n) is 2.64. The van der Waals surface area contributed by atoms with Gasteiger partial charge in [-0.2, -0.15) is 0 Å². The molecule has 4 nitrogen and oxygen atoms in total. The van der Waals surface area contributed by atoms with Gasteiger partial charge in [-0.1, -0.05) is 0 Å². The van der Waals surface area contributed by atoms with Gasteiger partial charge in [0.05, 0.1) is 6.10 Å². The Kier molecular flexibility index (Phi) is 2.70. The number of nitrogens with zero attached hydrogens (tertiary/aromatic N) is 1. The molecule has 0 aliphatic carbocycles. The quantitative estimate of drug-likeness (QED) is 0.558. The first-order chi connectivity index (χ1) is 5.24. The molecule has 0 aromatic rings. The van der Waals surface area contributed by atoms with Gasteiger partial charge < -0.3 is 14.4 Å². The van der Waals surface area contributed by atoms with Crippen LogP contribution in [0.5, 0.6) is 0 Å². The molecule has 0 spiro atoms. The third-order valence-electron chi connectivity index (χ3n) is 1.82. The minimum absolute atomic E-state index is 0.0592. The fourth-order valence-electron chi connectivity index (χ4n) is 0.973. The van der Waals surface area contributed by atoms with Gasteiger partial charge in [0.15, 0.2) is 0 Å². The lowest BCUT2D eigenvalue weighted by Crippen LogP contribution is -2.25. The Balaban J connectivity index is 2.44. The number of carbonyl (C=O) groups excluding carboxylic acids is 1. The Morgan fingerprint density at radius 3 is 3.09 bits per heavy atom. The zero-order valence-electron chi connectivity index (χ0n) is 6.87. The maximum Gasteiger partial charge on any atom is 0.409 e. The summed E-state index contributed by atoms with van der Waals surface area (Å²) >= 11 is 0. The van der Waals surface area contributed by atoms with Gasteiger partial charge in [-0.15, -0.1) is 0 Å². The van der Waals surface area contributed by atoms with E-state index < -0.39 is 0 Å². The third kappa shape index (κ3) is 2.08. The number of ether oxygens (including phenoxy) is 2. The Hall–Kier alpha value is -0.770. The molecule has 1 amide bonds. The molecule has 4 heteroatoms. The second kappa shape index (κ2) is 3.57. The SMILES string of the molecule is COC1CCN(C)C(=O)OC1. The summed E-state index contributed by atoms with van der Waals surface area (Å²) in [6.45, 7) is 1.08. The van der Waals surface area contributed by atoms with E-state index in [0.717, 1.165) is 6.42 Å². The van der Waals surface area contributed by atoms with Gasteiger partial charge in [-0.25, -0.2) is 4.79 Å². The normalized spacial score (nSPS) is 26.2. The van der Waals surface area contributed by atoms with Crippen molar-refractivity contribution in [3.05, 3.63) is 0 Å². The van der Waals surface area contributed by atoms with Crippen molar-refractivity contribution in [3.8, 4) is 0 Å². The van der Waals surface area contributed by atoms with Crippen LogP contribution in [-0.2, 0) is 9.47 Å². The van der Waals surface area contributed by atoms with Crippen molar-refractivity contribution in [1.29, 1.82) is 0 Å². The van der Waals surface area contributed by atoms with Crippen LogP contribution in [-0.4, -0.2) is 44.4 Å². The van der Waals surface area contributed by atoms with Crippen LogP contribution in [0.15, 0.2) is 0 Å². The molecule has 0 aromatic carbocycles. The lowest BCUT2D eigenvalue weighted by atomic mass is 10.2. The molecule has 1 saturated heterocycles. The van der Waals surface area contributed by atoms with Gasteiger partial charge in [-0.3, -0.25) is 0 Å². The first-order valence-corrected chi connectivity index (χ1v) is 3.64. The van der Waals surface area contributed by atoms with Crippen LogP contribution < -0.4 is 0 Å². The first kappa shape index (κ1) is 8.33. The molecule has 0 saturated carbocycles. The summed E-state index contributed by atoms with van der Waals surface area (Å²) < 4.78 is 9.94. The summed E-state index contributed by atoms with van der Waals surface area (Å²) in [5.41, 5.74) is 0. The highest BCUT2D eigenvalue weighted by Crippen LogP contribution is 2.06. The summed E-state index contributed by atoms with van der Waals surface area (Å²) in [6, 6.07) is 0. The van der Waals surface area contributed by atoms with Crippen LogP contribution in [0, 0.1) is 0 Å². The largest absolute Gasteiger partial charge is 0.447 e. The van der Waals surface area contributed by atoms with E-state index in [1.807, 2.05) is 0 Å². The molecule has 0 N–H and O–H groups in total. The number of carbonyl (C=O) groups is 1. The molecule has 1 heterocycles. The van der Waals surface area contributed by atoms with Crippen LogP contribution >= 0.6 is 0 Å². The number of hydrogen-bond acceptors (Lipinski definition) is 3. The van der Waals surface area contributed by atoms with Crippen molar-refractivity contribution in [2.24, 2.45) is 0 Å². The number of cyclic esters (lactones) is 1. The highest BCUT2D eigenvalue weighted by molar-refractivity contribution is 5.67. The first-order valence-electron chi connectivity index (χ1n) is 3.64. The maximum absolute atomic E-state index is 10.9. The second-order valence-corrected chi connectivity index (χ2v) is 2.64. The predicted molar refractivity (Wildman–Crippen MR) is 39.4 cm³/mol. The zero-order chi connectivity index (χ0) is 8.27. The molecule has 0 bridgehead atoms. The monoisotopic (exact) mass is 159 g/mol. The average molecular weight is 159 g/mol. The van der Waals surface area contributed by atoms with E-state index >= 15 is 0 Å². The van der Waals surface area contributed by atoms with E-state index in [-0.39, 0.29) is 12.2 Å². The van der Waals surface area contributed by atoms with Crippen molar-refractivity contribution in [3.63, 3.8) is 0 Å². The Morgan fingerprint density at radius 1 is 1.73 bits per heavy atom.